The van der Waals surface area contributed by atoms with Crippen molar-refractivity contribution in [2.24, 2.45) is 0 Å². The van der Waals surface area contributed by atoms with Crippen molar-refractivity contribution in [2.75, 3.05) is 11.5 Å². The fraction of sp³-hybridized carbons (Fsp3) is 0.333. The number of anilines is 1. The Bertz CT molecular complexity index is 809. The van der Waals surface area contributed by atoms with Crippen LogP contribution in [0.25, 0.3) is 10.3 Å². The highest BCUT2D eigenvalue weighted by Crippen LogP contribution is 2.32. The zero-order valence-electron chi connectivity index (χ0n) is 9.73. The average Bonchev–Trinajstić information content (AvgIpc) is 2.93. The van der Waals surface area contributed by atoms with Crippen LogP contribution >= 0.6 is 23.1 Å². The molecule has 1 aliphatic rings. The van der Waals surface area contributed by atoms with Crippen molar-refractivity contribution in [1.29, 1.82) is 0 Å². The van der Waals surface area contributed by atoms with Gasteiger partial charge >= 0.3 is 10.8 Å². The predicted molar refractivity (Wildman–Crippen MR) is 72.9 cm³/mol. The number of ether oxygens (including phenoxy) is 1. The minimum atomic E-state index is -1.12. The molecule has 1 saturated heterocycles. The first kappa shape index (κ1) is 13.1. The summed E-state index contributed by atoms with van der Waals surface area (Å²) in [5.41, 5.74) is 4.02. The Hall–Kier alpha value is -1.85. The number of thiazole rings is 1. The number of aliphatic carboxylic acids is 1. The molecule has 20 heavy (non-hydrogen) atoms. The lowest BCUT2D eigenvalue weighted by atomic mass is 10.5. The van der Waals surface area contributed by atoms with E-state index in [0.29, 0.717) is 0 Å². The van der Waals surface area contributed by atoms with Gasteiger partial charge < -0.3 is 15.6 Å². The first-order valence-corrected chi connectivity index (χ1v) is 7.24. The predicted octanol–water partition coefficient (Wildman–Crippen LogP) is -0.599. The molecule has 11 heteroatoms. The Kier molecular flexibility index (Phi) is 3.03. The number of thioether (sulfide) groups is 1. The molecule has 3 heterocycles. The van der Waals surface area contributed by atoms with E-state index >= 15 is 0 Å². The van der Waals surface area contributed by atoms with Gasteiger partial charge in [0.25, 0.3) is 5.56 Å². The molecule has 0 aliphatic carbocycles. The molecule has 9 nitrogen and oxygen atoms in total. The molecule has 1 aliphatic heterocycles. The van der Waals surface area contributed by atoms with E-state index in [1.54, 1.807) is 0 Å². The maximum Gasteiger partial charge on any atom is 0.343 e. The fourth-order valence-electron chi connectivity index (χ4n) is 1.86. The monoisotopic (exact) mass is 316 g/mol. The van der Waals surface area contributed by atoms with E-state index in [9.17, 15) is 14.4 Å². The molecule has 0 amide bonds. The van der Waals surface area contributed by atoms with Gasteiger partial charge in [0.05, 0.1) is 0 Å². The number of nitrogen functional groups attached to an aromatic ring is 1. The number of hydrogen-bond acceptors (Lipinski definition) is 8. The summed E-state index contributed by atoms with van der Waals surface area (Å²) in [6, 6.07) is 0. The molecule has 0 radical (unpaired) electrons. The van der Waals surface area contributed by atoms with Crippen LogP contribution in [0.3, 0.4) is 0 Å². The van der Waals surface area contributed by atoms with Crippen LogP contribution in [-0.4, -0.2) is 36.8 Å². The number of fused-ring (bicyclic) bond motifs is 1. The molecule has 106 valence electrons. The lowest BCUT2D eigenvalue weighted by molar-refractivity contribution is -0.147. The fourth-order valence-corrected chi connectivity index (χ4v) is 3.63. The summed E-state index contributed by atoms with van der Waals surface area (Å²) in [6.45, 7) is 0. The van der Waals surface area contributed by atoms with Gasteiger partial charge in [0.1, 0.15) is 4.70 Å². The van der Waals surface area contributed by atoms with E-state index in [1.165, 1.54) is 4.57 Å². The van der Waals surface area contributed by atoms with Crippen LogP contribution in [0.4, 0.5) is 5.95 Å². The number of aromatic amines is 1. The molecule has 0 bridgehead atoms. The van der Waals surface area contributed by atoms with Crippen molar-refractivity contribution in [2.45, 2.75) is 11.7 Å². The van der Waals surface area contributed by atoms with E-state index in [1.807, 2.05) is 0 Å². The SMILES string of the molecule is Nc1nc2c(sc(=O)n2C2CSC(C(=O)O)O2)c(=O)[nH]1. The van der Waals surface area contributed by atoms with Crippen LogP contribution in [0.5, 0.6) is 0 Å². The third-order valence-corrected chi connectivity index (χ3v) is 4.69. The van der Waals surface area contributed by atoms with E-state index in [-0.39, 0.29) is 22.0 Å². The minimum absolute atomic E-state index is 0.109. The summed E-state index contributed by atoms with van der Waals surface area (Å²) >= 11 is 1.78. The minimum Gasteiger partial charge on any atom is -0.479 e. The highest BCUT2D eigenvalue weighted by atomic mass is 32.2. The van der Waals surface area contributed by atoms with Crippen molar-refractivity contribution in [3.05, 3.63) is 20.0 Å². The maximum absolute atomic E-state index is 12.0. The topological polar surface area (TPSA) is 140 Å². The van der Waals surface area contributed by atoms with Crippen LogP contribution < -0.4 is 16.2 Å². The van der Waals surface area contributed by atoms with Gasteiger partial charge in [-0.05, 0) is 0 Å². The Balaban J connectivity index is 2.13. The first-order valence-electron chi connectivity index (χ1n) is 5.38. The van der Waals surface area contributed by atoms with Gasteiger partial charge in [-0.25, -0.2) is 4.79 Å². The Morgan fingerprint density at radius 1 is 1.55 bits per heavy atom. The molecule has 1 fully saturated rings. The molecule has 0 aromatic carbocycles. The van der Waals surface area contributed by atoms with Crippen LogP contribution in [0.15, 0.2) is 9.59 Å². The van der Waals surface area contributed by atoms with E-state index < -0.39 is 28.1 Å². The number of rotatable bonds is 2. The quantitative estimate of drug-likeness (QED) is 0.667. The Labute approximate surface area is 118 Å². The normalized spacial score (nSPS) is 22.4. The molecule has 2 unspecified atom stereocenters. The van der Waals surface area contributed by atoms with Crippen LogP contribution in [0, 0.1) is 0 Å². The zero-order chi connectivity index (χ0) is 14.4. The van der Waals surface area contributed by atoms with Gasteiger partial charge in [0, 0.05) is 5.75 Å². The molecule has 2 aromatic heterocycles. The third kappa shape index (κ3) is 1.99. The molecular weight excluding hydrogens is 308 g/mol. The largest absolute Gasteiger partial charge is 0.479 e. The van der Waals surface area contributed by atoms with Crippen LogP contribution in [0.1, 0.15) is 6.23 Å². The number of nitrogens with zero attached hydrogens (tertiary/aromatic N) is 2. The zero-order valence-corrected chi connectivity index (χ0v) is 11.4. The molecule has 3 rings (SSSR count). The van der Waals surface area contributed by atoms with Crippen molar-refractivity contribution in [3.63, 3.8) is 0 Å². The summed E-state index contributed by atoms with van der Waals surface area (Å²) in [7, 11) is 0. The average molecular weight is 316 g/mol. The Morgan fingerprint density at radius 3 is 2.95 bits per heavy atom. The lowest BCUT2D eigenvalue weighted by Gasteiger charge is -2.11. The van der Waals surface area contributed by atoms with Gasteiger partial charge in [-0.2, -0.15) is 4.98 Å². The van der Waals surface area contributed by atoms with E-state index in [0.717, 1.165) is 23.1 Å². The maximum atomic E-state index is 12.0. The number of carbonyl (C=O) groups is 1. The molecule has 0 saturated carbocycles. The van der Waals surface area contributed by atoms with Crippen molar-refractivity contribution >= 4 is 45.4 Å². The van der Waals surface area contributed by atoms with Gasteiger partial charge in [0.2, 0.25) is 11.4 Å². The van der Waals surface area contributed by atoms with Crippen molar-refractivity contribution in [3.8, 4) is 0 Å². The van der Waals surface area contributed by atoms with Gasteiger partial charge in [-0.15, -0.1) is 11.8 Å². The number of hydrogen-bond donors (Lipinski definition) is 3. The standard InChI is InChI=1S/C9H8N4O5S2/c10-8-11-4-3(5(14)12-8)20-9(17)13(4)2-1-19-7(18-2)6(15)16/h2,7H,1H2,(H,15,16)(H3,10,11,12,14). The van der Waals surface area contributed by atoms with E-state index in [2.05, 4.69) is 9.97 Å². The highest BCUT2D eigenvalue weighted by Gasteiger charge is 2.34. The number of nitrogens with one attached hydrogen (secondary N) is 1. The number of nitrogens with two attached hydrogens (primary N) is 1. The summed E-state index contributed by atoms with van der Waals surface area (Å²) in [6.07, 6.45) is -0.781. The van der Waals surface area contributed by atoms with Crippen LogP contribution in [-0.2, 0) is 9.53 Å². The van der Waals surface area contributed by atoms with Gasteiger partial charge in [-0.1, -0.05) is 11.3 Å². The second kappa shape index (κ2) is 4.61. The first-order chi connectivity index (χ1) is 9.47. The van der Waals surface area contributed by atoms with Crippen LogP contribution in [0.2, 0.25) is 0 Å². The lowest BCUT2D eigenvalue weighted by Crippen LogP contribution is -2.24. The summed E-state index contributed by atoms with van der Waals surface area (Å²) in [4.78, 5) is 40.3. The number of carboxylic acids is 1. The number of H-pyrrole nitrogens is 1. The summed E-state index contributed by atoms with van der Waals surface area (Å²) in [5, 5.41) is 8.88. The van der Waals surface area contributed by atoms with Crippen molar-refractivity contribution in [1.82, 2.24) is 14.5 Å². The summed E-state index contributed by atoms with van der Waals surface area (Å²) < 4.78 is 6.58. The second-order valence-corrected chi connectivity index (χ2v) is 5.99. The number of aromatic nitrogens is 3. The number of carboxylic acid groups (broad SMARTS) is 1. The molecule has 2 aromatic rings. The van der Waals surface area contributed by atoms with E-state index in [4.69, 9.17) is 15.6 Å². The molecular formula is C9H8N4O5S2. The van der Waals surface area contributed by atoms with Gasteiger partial charge in [0.15, 0.2) is 11.9 Å². The summed E-state index contributed by atoms with van der Waals surface area (Å²) in [5.74, 6) is -0.957. The smallest absolute Gasteiger partial charge is 0.343 e. The van der Waals surface area contributed by atoms with Gasteiger partial charge in [-0.3, -0.25) is 19.1 Å². The second-order valence-electron chi connectivity index (χ2n) is 3.94. The molecule has 2 atom stereocenters. The van der Waals surface area contributed by atoms with Crippen molar-refractivity contribution < 1.29 is 14.6 Å². The molecule has 0 spiro atoms. The third-order valence-electron chi connectivity index (χ3n) is 2.65. The molecule has 4 N–H and O–H groups in total. The Morgan fingerprint density at radius 2 is 2.30 bits per heavy atom. The highest BCUT2D eigenvalue weighted by molar-refractivity contribution is 8.00.